The number of piperidine rings is 1. The SMILES string of the molecule is Cc1ccc(C2CCN(C(=O)C3NCC4(CC4)CC3C(=O)NO)C2)cc1. The molecule has 3 aliphatic rings. The number of benzene rings is 1. The minimum Gasteiger partial charge on any atom is -0.341 e. The predicted molar refractivity (Wildman–Crippen MR) is 96.6 cm³/mol. The number of nitrogens with zero attached hydrogens (tertiary/aromatic N) is 1. The monoisotopic (exact) mass is 357 g/mol. The van der Waals surface area contributed by atoms with E-state index in [0.717, 1.165) is 25.8 Å². The lowest BCUT2D eigenvalue weighted by Crippen LogP contribution is -2.58. The van der Waals surface area contributed by atoms with Crippen LogP contribution in [-0.4, -0.2) is 47.6 Å². The van der Waals surface area contributed by atoms with E-state index in [-0.39, 0.29) is 11.3 Å². The highest BCUT2D eigenvalue weighted by atomic mass is 16.5. The Labute approximate surface area is 153 Å². The second-order valence-corrected chi connectivity index (χ2v) is 8.33. The van der Waals surface area contributed by atoms with Crippen LogP contribution in [0.25, 0.3) is 0 Å². The molecule has 4 rings (SSSR count). The van der Waals surface area contributed by atoms with Crippen LogP contribution in [0, 0.1) is 18.3 Å². The van der Waals surface area contributed by atoms with Crippen LogP contribution in [0.1, 0.15) is 42.7 Å². The highest BCUT2D eigenvalue weighted by Crippen LogP contribution is 2.52. The Balaban J connectivity index is 1.44. The molecule has 2 aliphatic heterocycles. The summed E-state index contributed by atoms with van der Waals surface area (Å²) in [6, 6.07) is 7.97. The van der Waals surface area contributed by atoms with E-state index in [0.29, 0.717) is 25.4 Å². The van der Waals surface area contributed by atoms with Gasteiger partial charge in [0.05, 0.1) is 12.0 Å². The largest absolute Gasteiger partial charge is 0.341 e. The molecule has 2 amide bonds. The number of hydrogen-bond acceptors (Lipinski definition) is 4. The van der Waals surface area contributed by atoms with Gasteiger partial charge in [0.1, 0.15) is 0 Å². The van der Waals surface area contributed by atoms with E-state index in [2.05, 4.69) is 36.5 Å². The van der Waals surface area contributed by atoms with Gasteiger partial charge in [0.2, 0.25) is 11.8 Å². The molecule has 0 bridgehead atoms. The maximum absolute atomic E-state index is 13.1. The molecular formula is C20H27N3O3. The third-order valence-corrected chi connectivity index (χ3v) is 6.47. The third-order valence-electron chi connectivity index (χ3n) is 6.47. The zero-order valence-electron chi connectivity index (χ0n) is 15.2. The van der Waals surface area contributed by atoms with Crippen molar-refractivity contribution in [3.63, 3.8) is 0 Å². The molecule has 3 atom stereocenters. The van der Waals surface area contributed by atoms with Gasteiger partial charge in [-0.3, -0.25) is 14.8 Å². The van der Waals surface area contributed by atoms with Crippen molar-refractivity contribution < 1.29 is 14.8 Å². The van der Waals surface area contributed by atoms with Gasteiger partial charge in [0.25, 0.3) is 0 Å². The summed E-state index contributed by atoms with van der Waals surface area (Å²) >= 11 is 0. The van der Waals surface area contributed by atoms with Gasteiger partial charge in [0, 0.05) is 25.6 Å². The second kappa shape index (κ2) is 6.67. The molecule has 1 saturated carbocycles. The summed E-state index contributed by atoms with van der Waals surface area (Å²) in [6.07, 6.45) is 3.81. The van der Waals surface area contributed by atoms with Gasteiger partial charge in [-0.2, -0.15) is 0 Å². The first-order valence-electron chi connectivity index (χ1n) is 9.54. The number of nitrogens with one attached hydrogen (secondary N) is 2. The summed E-state index contributed by atoms with van der Waals surface area (Å²) in [7, 11) is 0. The number of hydrogen-bond donors (Lipinski definition) is 3. The van der Waals surface area contributed by atoms with E-state index >= 15 is 0 Å². The van der Waals surface area contributed by atoms with Gasteiger partial charge in [-0.05, 0) is 43.6 Å². The van der Waals surface area contributed by atoms with Crippen LogP contribution < -0.4 is 10.8 Å². The summed E-state index contributed by atoms with van der Waals surface area (Å²) in [5, 5.41) is 12.4. The van der Waals surface area contributed by atoms with Crippen molar-refractivity contribution in [1.29, 1.82) is 0 Å². The average Bonchev–Trinajstić information content (AvgIpc) is 3.22. The fraction of sp³-hybridized carbons (Fsp3) is 0.600. The first kappa shape index (κ1) is 17.5. The van der Waals surface area contributed by atoms with E-state index in [1.807, 2.05) is 4.90 Å². The molecule has 26 heavy (non-hydrogen) atoms. The molecule has 2 saturated heterocycles. The fourth-order valence-electron chi connectivity index (χ4n) is 4.54. The van der Waals surface area contributed by atoms with Gasteiger partial charge in [-0.25, -0.2) is 5.48 Å². The van der Waals surface area contributed by atoms with Gasteiger partial charge in [-0.15, -0.1) is 0 Å². The molecule has 1 aromatic rings. The topological polar surface area (TPSA) is 81.7 Å². The van der Waals surface area contributed by atoms with Crippen LogP contribution in [0.2, 0.25) is 0 Å². The summed E-state index contributed by atoms with van der Waals surface area (Å²) in [6.45, 7) is 4.27. The maximum atomic E-state index is 13.1. The number of aryl methyl sites for hydroxylation is 1. The first-order valence-corrected chi connectivity index (χ1v) is 9.54. The van der Waals surface area contributed by atoms with E-state index in [1.165, 1.54) is 11.1 Å². The van der Waals surface area contributed by atoms with Gasteiger partial charge in [-0.1, -0.05) is 29.8 Å². The molecule has 140 valence electrons. The van der Waals surface area contributed by atoms with Crippen LogP contribution in [0.15, 0.2) is 24.3 Å². The zero-order valence-corrected chi connectivity index (χ0v) is 15.2. The van der Waals surface area contributed by atoms with Gasteiger partial charge in [0.15, 0.2) is 0 Å². The molecule has 1 aromatic carbocycles. The Morgan fingerprint density at radius 3 is 2.65 bits per heavy atom. The van der Waals surface area contributed by atoms with Crippen molar-refractivity contribution in [2.75, 3.05) is 19.6 Å². The summed E-state index contributed by atoms with van der Waals surface area (Å²) in [5.74, 6) is -0.606. The normalized spacial score (nSPS) is 29.6. The number of amides is 2. The Hall–Kier alpha value is -1.92. The minimum atomic E-state index is -0.537. The smallest absolute Gasteiger partial charge is 0.248 e. The molecular weight excluding hydrogens is 330 g/mol. The molecule has 3 unspecified atom stereocenters. The van der Waals surface area contributed by atoms with Gasteiger partial charge < -0.3 is 10.2 Å². The quantitative estimate of drug-likeness (QED) is 0.567. The molecule has 6 nitrogen and oxygen atoms in total. The number of carbonyl (C=O) groups is 2. The minimum absolute atomic E-state index is 0.0105. The molecule has 0 aromatic heterocycles. The molecule has 3 fully saturated rings. The Morgan fingerprint density at radius 1 is 1.27 bits per heavy atom. The standard InChI is InChI=1S/C20H27N3O3/c1-13-2-4-14(5-3-13)15-6-9-23(11-15)19(25)17-16(18(24)22-26)10-20(7-8-20)12-21-17/h2-5,15-17,21,26H,6-12H2,1H3,(H,22,24). The van der Waals surface area contributed by atoms with Crippen LogP contribution >= 0.6 is 0 Å². The Bertz CT molecular complexity index is 699. The molecule has 6 heteroatoms. The predicted octanol–water partition coefficient (Wildman–Crippen LogP) is 1.57. The highest BCUT2D eigenvalue weighted by Gasteiger charge is 2.53. The van der Waals surface area contributed by atoms with Crippen molar-refractivity contribution in [3.8, 4) is 0 Å². The fourth-order valence-corrected chi connectivity index (χ4v) is 4.54. The Kier molecular flexibility index (Phi) is 4.49. The lowest BCUT2D eigenvalue weighted by molar-refractivity contribution is -0.144. The van der Waals surface area contributed by atoms with Crippen molar-refractivity contribution in [3.05, 3.63) is 35.4 Å². The Morgan fingerprint density at radius 2 is 2.00 bits per heavy atom. The van der Waals surface area contributed by atoms with E-state index in [1.54, 1.807) is 5.48 Å². The number of likely N-dealkylation sites (tertiary alicyclic amines) is 1. The van der Waals surface area contributed by atoms with E-state index < -0.39 is 17.9 Å². The van der Waals surface area contributed by atoms with Crippen molar-refractivity contribution in [1.82, 2.24) is 15.7 Å². The van der Waals surface area contributed by atoms with E-state index in [9.17, 15) is 9.59 Å². The summed E-state index contributed by atoms with van der Waals surface area (Å²) in [5.41, 5.74) is 4.42. The first-order chi connectivity index (χ1) is 12.5. The van der Waals surface area contributed by atoms with Crippen LogP contribution in [0.3, 0.4) is 0 Å². The summed E-state index contributed by atoms with van der Waals surface area (Å²) < 4.78 is 0. The molecule has 2 heterocycles. The third kappa shape index (κ3) is 3.23. The molecule has 1 spiro atoms. The maximum Gasteiger partial charge on any atom is 0.248 e. The van der Waals surface area contributed by atoms with Crippen molar-refractivity contribution >= 4 is 11.8 Å². The number of hydroxylamine groups is 1. The van der Waals surface area contributed by atoms with Crippen LogP contribution in [-0.2, 0) is 9.59 Å². The second-order valence-electron chi connectivity index (χ2n) is 8.33. The number of carbonyl (C=O) groups excluding carboxylic acids is 2. The molecule has 1 aliphatic carbocycles. The van der Waals surface area contributed by atoms with Crippen LogP contribution in [0.5, 0.6) is 0 Å². The van der Waals surface area contributed by atoms with E-state index in [4.69, 9.17) is 5.21 Å². The van der Waals surface area contributed by atoms with Crippen molar-refractivity contribution in [2.24, 2.45) is 11.3 Å². The molecule has 0 radical (unpaired) electrons. The van der Waals surface area contributed by atoms with Crippen LogP contribution in [0.4, 0.5) is 0 Å². The average molecular weight is 357 g/mol. The highest BCUT2D eigenvalue weighted by molar-refractivity contribution is 5.90. The van der Waals surface area contributed by atoms with Gasteiger partial charge >= 0.3 is 0 Å². The molecule has 3 N–H and O–H groups in total. The zero-order chi connectivity index (χ0) is 18.3. The number of rotatable bonds is 3. The lowest BCUT2D eigenvalue weighted by atomic mass is 9.81. The van der Waals surface area contributed by atoms with Crippen molar-refractivity contribution in [2.45, 2.75) is 44.6 Å². The summed E-state index contributed by atoms with van der Waals surface area (Å²) in [4.78, 5) is 27.1. The lowest BCUT2D eigenvalue weighted by Gasteiger charge is -2.37.